The maximum absolute atomic E-state index is 12.4. The molecule has 0 bridgehead atoms. The van der Waals surface area contributed by atoms with Gasteiger partial charge in [-0.2, -0.15) is 0 Å². The normalized spacial score (nSPS) is 11.5. The van der Waals surface area contributed by atoms with Gasteiger partial charge < -0.3 is 4.98 Å². The molecule has 0 fully saturated rings. The number of imidazole rings is 1. The number of thiazole rings is 1. The lowest BCUT2D eigenvalue weighted by Gasteiger charge is -2.06. The predicted octanol–water partition coefficient (Wildman–Crippen LogP) is 4.77. The van der Waals surface area contributed by atoms with Gasteiger partial charge in [0, 0.05) is 34.1 Å². The van der Waals surface area contributed by atoms with Gasteiger partial charge in [0.25, 0.3) is 10.0 Å². The minimum absolute atomic E-state index is 0.171. The average Bonchev–Trinajstić information content (AvgIpc) is 3.38. The van der Waals surface area contributed by atoms with Crippen LogP contribution in [0.2, 0.25) is 5.02 Å². The van der Waals surface area contributed by atoms with Gasteiger partial charge in [-0.15, -0.1) is 11.3 Å². The third-order valence-corrected chi connectivity index (χ3v) is 6.70. The lowest BCUT2D eigenvalue weighted by molar-refractivity contribution is 0.601. The van der Waals surface area contributed by atoms with Crippen LogP contribution < -0.4 is 4.72 Å². The van der Waals surface area contributed by atoms with Crippen molar-refractivity contribution >= 4 is 38.1 Å². The van der Waals surface area contributed by atoms with Gasteiger partial charge in [0.1, 0.15) is 5.82 Å². The number of sulfonamides is 1. The molecule has 6 nitrogen and oxygen atoms in total. The number of nitrogens with one attached hydrogen (secondary N) is 2. The third kappa shape index (κ3) is 4.84. The highest BCUT2D eigenvalue weighted by Gasteiger charge is 2.16. The number of halogens is 1. The Morgan fingerprint density at radius 3 is 2.62 bits per heavy atom. The predicted molar refractivity (Wildman–Crippen MR) is 116 cm³/mol. The molecule has 148 valence electrons. The van der Waals surface area contributed by atoms with Crippen LogP contribution in [-0.4, -0.2) is 23.4 Å². The summed E-state index contributed by atoms with van der Waals surface area (Å²) in [5.41, 5.74) is 2.98. The SMILES string of the molecule is O=S(=O)(Nc1nccs1)c1ccc(-c2ncc(CCc3cccc(Cl)c3)[nH]2)cc1. The molecule has 2 aromatic heterocycles. The second kappa shape index (κ2) is 8.36. The van der Waals surface area contributed by atoms with Crippen LogP contribution in [0.1, 0.15) is 11.3 Å². The molecule has 29 heavy (non-hydrogen) atoms. The zero-order valence-electron chi connectivity index (χ0n) is 15.2. The molecule has 2 N–H and O–H groups in total. The van der Waals surface area contributed by atoms with Gasteiger partial charge in [-0.25, -0.2) is 18.4 Å². The van der Waals surface area contributed by atoms with Gasteiger partial charge in [-0.3, -0.25) is 4.72 Å². The number of aromatic nitrogens is 3. The maximum atomic E-state index is 12.4. The topological polar surface area (TPSA) is 87.7 Å². The van der Waals surface area contributed by atoms with E-state index in [4.69, 9.17) is 11.6 Å². The molecule has 2 aromatic carbocycles. The number of H-pyrrole nitrogens is 1. The first-order valence-corrected chi connectivity index (χ1v) is 11.5. The summed E-state index contributed by atoms with van der Waals surface area (Å²) in [6.45, 7) is 0. The van der Waals surface area contributed by atoms with E-state index in [0.29, 0.717) is 11.0 Å². The fourth-order valence-electron chi connectivity index (χ4n) is 2.84. The number of aromatic amines is 1. The van der Waals surface area contributed by atoms with E-state index in [0.717, 1.165) is 34.7 Å². The van der Waals surface area contributed by atoms with Crippen molar-refractivity contribution in [3.8, 4) is 11.4 Å². The molecule has 4 rings (SSSR count). The van der Waals surface area contributed by atoms with Crippen molar-refractivity contribution in [1.29, 1.82) is 0 Å². The number of nitrogens with zero attached hydrogens (tertiary/aromatic N) is 2. The molecule has 0 amide bonds. The first kappa shape index (κ1) is 19.6. The van der Waals surface area contributed by atoms with Crippen LogP contribution in [0.15, 0.2) is 71.2 Å². The minimum Gasteiger partial charge on any atom is -0.342 e. The van der Waals surface area contributed by atoms with Crippen LogP contribution in [0.4, 0.5) is 5.13 Å². The number of hydrogen-bond donors (Lipinski definition) is 2. The second-order valence-corrected chi connectivity index (χ2v) is 9.37. The highest BCUT2D eigenvalue weighted by Crippen LogP contribution is 2.22. The van der Waals surface area contributed by atoms with E-state index < -0.39 is 10.0 Å². The van der Waals surface area contributed by atoms with Crippen molar-refractivity contribution in [1.82, 2.24) is 15.0 Å². The van der Waals surface area contributed by atoms with Crippen molar-refractivity contribution in [2.45, 2.75) is 17.7 Å². The minimum atomic E-state index is -3.66. The van der Waals surface area contributed by atoms with E-state index in [-0.39, 0.29) is 4.90 Å². The Kier molecular flexibility index (Phi) is 5.66. The number of hydrogen-bond acceptors (Lipinski definition) is 5. The van der Waals surface area contributed by atoms with Crippen molar-refractivity contribution < 1.29 is 8.42 Å². The number of anilines is 1. The van der Waals surface area contributed by atoms with E-state index in [2.05, 4.69) is 19.7 Å². The highest BCUT2D eigenvalue weighted by atomic mass is 35.5. The molecule has 0 aliphatic carbocycles. The monoisotopic (exact) mass is 444 g/mol. The van der Waals surface area contributed by atoms with Gasteiger partial charge in [-0.05, 0) is 54.8 Å². The highest BCUT2D eigenvalue weighted by molar-refractivity contribution is 7.93. The van der Waals surface area contributed by atoms with Gasteiger partial charge in [0.2, 0.25) is 0 Å². The number of aryl methyl sites for hydroxylation is 2. The van der Waals surface area contributed by atoms with E-state index in [9.17, 15) is 8.42 Å². The Labute approximate surface area is 177 Å². The molecule has 0 radical (unpaired) electrons. The lowest BCUT2D eigenvalue weighted by Crippen LogP contribution is -2.12. The van der Waals surface area contributed by atoms with Crippen LogP contribution in [0.5, 0.6) is 0 Å². The number of benzene rings is 2. The van der Waals surface area contributed by atoms with E-state index in [1.165, 1.54) is 11.3 Å². The van der Waals surface area contributed by atoms with Gasteiger partial charge in [0.05, 0.1) is 4.90 Å². The summed E-state index contributed by atoms with van der Waals surface area (Å²) < 4.78 is 27.3. The Morgan fingerprint density at radius 1 is 1.07 bits per heavy atom. The lowest BCUT2D eigenvalue weighted by atomic mass is 10.1. The molecule has 0 aliphatic rings. The molecular weight excluding hydrogens is 428 g/mol. The van der Waals surface area contributed by atoms with Crippen LogP contribution in [0, 0.1) is 0 Å². The Hall–Kier alpha value is -2.68. The molecule has 2 heterocycles. The molecule has 0 spiro atoms. The average molecular weight is 445 g/mol. The Balaban J connectivity index is 1.44. The molecular formula is C20H17ClN4O2S2. The maximum Gasteiger partial charge on any atom is 0.263 e. The van der Waals surface area contributed by atoms with Crippen molar-refractivity contribution in [3.05, 3.63) is 82.6 Å². The largest absolute Gasteiger partial charge is 0.342 e. The summed E-state index contributed by atoms with van der Waals surface area (Å²) in [5, 5.41) is 2.78. The molecule has 0 atom stereocenters. The molecule has 0 saturated heterocycles. The molecule has 0 aliphatic heterocycles. The van der Waals surface area contributed by atoms with E-state index >= 15 is 0 Å². The summed E-state index contributed by atoms with van der Waals surface area (Å²) in [5.74, 6) is 0.697. The van der Waals surface area contributed by atoms with Crippen LogP contribution in [-0.2, 0) is 22.9 Å². The molecule has 9 heteroatoms. The Bertz CT molecular complexity index is 1200. The fourth-order valence-corrected chi connectivity index (χ4v) is 4.85. The van der Waals surface area contributed by atoms with Gasteiger partial charge in [-0.1, -0.05) is 23.7 Å². The standard InChI is InChI=1S/C20H17ClN4O2S2/c21-16-3-1-2-14(12-16)4-7-17-13-23-19(24-17)15-5-8-18(9-6-15)29(26,27)25-20-22-10-11-28-20/h1-3,5-6,8-13H,4,7H2,(H,22,25)(H,23,24). The first-order chi connectivity index (χ1) is 14.0. The summed E-state index contributed by atoms with van der Waals surface area (Å²) in [7, 11) is -3.66. The molecule has 0 saturated carbocycles. The van der Waals surface area contributed by atoms with Gasteiger partial charge in [0.15, 0.2) is 5.13 Å². The van der Waals surface area contributed by atoms with Crippen molar-refractivity contribution in [3.63, 3.8) is 0 Å². The summed E-state index contributed by atoms with van der Waals surface area (Å²) in [6, 6.07) is 14.4. The smallest absolute Gasteiger partial charge is 0.263 e. The van der Waals surface area contributed by atoms with Crippen LogP contribution in [0.3, 0.4) is 0 Å². The van der Waals surface area contributed by atoms with Crippen LogP contribution in [0.25, 0.3) is 11.4 Å². The zero-order chi connectivity index (χ0) is 20.3. The number of rotatable bonds is 7. The Morgan fingerprint density at radius 2 is 1.90 bits per heavy atom. The molecule has 0 unspecified atom stereocenters. The fraction of sp³-hybridized carbons (Fsp3) is 0.100. The van der Waals surface area contributed by atoms with Crippen molar-refractivity contribution in [2.75, 3.05) is 4.72 Å². The zero-order valence-corrected chi connectivity index (χ0v) is 17.6. The van der Waals surface area contributed by atoms with E-state index in [1.807, 2.05) is 24.3 Å². The first-order valence-electron chi connectivity index (χ1n) is 8.81. The summed E-state index contributed by atoms with van der Waals surface area (Å²) in [4.78, 5) is 11.8. The van der Waals surface area contributed by atoms with Crippen molar-refractivity contribution in [2.24, 2.45) is 0 Å². The molecule has 4 aromatic rings. The summed E-state index contributed by atoms with van der Waals surface area (Å²) >= 11 is 7.25. The third-order valence-electron chi connectivity index (χ3n) is 4.29. The second-order valence-electron chi connectivity index (χ2n) is 6.35. The van der Waals surface area contributed by atoms with E-state index in [1.54, 1.807) is 42.0 Å². The quantitative estimate of drug-likeness (QED) is 0.429. The van der Waals surface area contributed by atoms with Crippen LogP contribution >= 0.6 is 22.9 Å². The van der Waals surface area contributed by atoms with Gasteiger partial charge >= 0.3 is 0 Å². The summed E-state index contributed by atoms with van der Waals surface area (Å²) in [6.07, 6.45) is 5.00.